The van der Waals surface area contributed by atoms with E-state index in [9.17, 15) is 33.6 Å². The molecule has 0 saturated carbocycles. The average molecular weight is 565 g/mol. The Hall–Kier alpha value is -1.20. The molecule has 190 valence electrons. The summed E-state index contributed by atoms with van der Waals surface area (Å²) in [6.07, 6.45) is -3.72. The lowest BCUT2D eigenvalue weighted by molar-refractivity contribution is -0.0530. The van der Waals surface area contributed by atoms with Crippen molar-refractivity contribution in [1.82, 2.24) is 14.5 Å². The topological polar surface area (TPSA) is 260 Å². The number of aryl methyl sites for hydroxylation is 1. The van der Waals surface area contributed by atoms with E-state index in [-0.39, 0.29) is 21.2 Å². The summed E-state index contributed by atoms with van der Waals surface area (Å²) in [5.41, 5.74) is 0.135. The molecule has 17 nitrogen and oxygen atoms in total. The summed E-state index contributed by atoms with van der Waals surface area (Å²) in [5.74, 6) is 0. The van der Waals surface area contributed by atoms with Crippen LogP contribution in [-0.2, 0) is 31.6 Å². The third kappa shape index (κ3) is 6.32. The maximum Gasteiger partial charge on any atom is 0.490 e. The molecule has 0 spiro atoms. The Labute approximate surface area is 194 Å². The van der Waals surface area contributed by atoms with E-state index >= 15 is 0 Å². The molecule has 1 aliphatic rings. The van der Waals surface area contributed by atoms with Crippen LogP contribution >= 0.6 is 35.7 Å². The first-order chi connectivity index (χ1) is 15.5. The molecule has 21 heteroatoms. The first-order valence-electron chi connectivity index (χ1n) is 8.91. The largest absolute Gasteiger partial charge is 0.490 e. The summed E-state index contributed by atoms with van der Waals surface area (Å²) < 4.78 is 51.8. The van der Waals surface area contributed by atoms with E-state index in [1.54, 1.807) is 6.92 Å². The predicted molar refractivity (Wildman–Crippen MR) is 112 cm³/mol. The summed E-state index contributed by atoms with van der Waals surface area (Å²) in [6.45, 7) is 0.542. The summed E-state index contributed by atoms with van der Waals surface area (Å²) >= 11 is 5.13. The number of phosphoric acid groups is 3. The molecule has 0 aromatic carbocycles. The molecule has 34 heavy (non-hydrogen) atoms. The Bertz CT molecular complexity index is 1360. The molecular formula is C13H18N3O14P3S. The molecule has 3 unspecified atom stereocenters. The zero-order valence-electron chi connectivity index (χ0n) is 16.8. The van der Waals surface area contributed by atoms with Crippen LogP contribution in [0.15, 0.2) is 17.2 Å². The first-order valence-corrected chi connectivity index (χ1v) is 13.8. The van der Waals surface area contributed by atoms with Gasteiger partial charge in [-0.3, -0.25) is 13.9 Å². The number of aliphatic hydroxyl groups excluding tert-OH is 2. The van der Waals surface area contributed by atoms with Crippen LogP contribution in [0.2, 0.25) is 0 Å². The van der Waals surface area contributed by atoms with Crippen molar-refractivity contribution in [1.29, 1.82) is 0 Å². The van der Waals surface area contributed by atoms with Crippen LogP contribution < -0.4 is 5.43 Å². The fourth-order valence-corrected chi connectivity index (χ4v) is 6.23. The molecule has 6 atom stereocenters. The molecule has 3 heterocycles. The summed E-state index contributed by atoms with van der Waals surface area (Å²) in [4.78, 5) is 54.9. The van der Waals surface area contributed by atoms with Gasteiger partial charge in [-0.05, 0) is 19.1 Å². The van der Waals surface area contributed by atoms with Gasteiger partial charge in [0.05, 0.1) is 12.0 Å². The molecule has 0 bridgehead atoms. The molecule has 3 rings (SSSR count). The van der Waals surface area contributed by atoms with Crippen LogP contribution in [0.5, 0.6) is 0 Å². The highest BCUT2D eigenvalue weighted by molar-refractivity contribution is 7.71. The van der Waals surface area contributed by atoms with Gasteiger partial charge < -0.3 is 39.5 Å². The number of rotatable bonds is 8. The highest BCUT2D eigenvalue weighted by Crippen LogP contribution is 2.66. The fraction of sp³-hybridized carbons (Fsp3) is 0.462. The second-order valence-corrected chi connectivity index (χ2v) is 11.7. The number of fused-ring (bicyclic) bond motifs is 1. The number of nitrogens with zero attached hydrogens (tertiary/aromatic N) is 2. The van der Waals surface area contributed by atoms with Crippen molar-refractivity contribution >= 4 is 46.7 Å². The Morgan fingerprint density at radius 2 is 1.79 bits per heavy atom. The third-order valence-corrected chi connectivity index (χ3v) is 8.51. The number of hydrogen-bond donors (Lipinski definition) is 7. The minimum Gasteiger partial charge on any atom is -0.387 e. The van der Waals surface area contributed by atoms with Crippen LogP contribution in [0.3, 0.4) is 0 Å². The molecule has 2 aromatic rings. The normalized spacial score (nSPS) is 26.9. The van der Waals surface area contributed by atoms with Gasteiger partial charge in [-0.1, -0.05) is 0 Å². The zero-order chi connectivity index (χ0) is 25.6. The van der Waals surface area contributed by atoms with E-state index in [2.05, 4.69) is 23.1 Å². The summed E-state index contributed by atoms with van der Waals surface area (Å²) in [7, 11) is -16.8. The van der Waals surface area contributed by atoms with E-state index in [0.717, 1.165) is 4.57 Å². The Balaban J connectivity index is 1.77. The molecule has 2 aromatic heterocycles. The van der Waals surface area contributed by atoms with Crippen LogP contribution in [0.4, 0.5) is 0 Å². The summed E-state index contributed by atoms with van der Waals surface area (Å²) in [5, 5.41) is 20.7. The van der Waals surface area contributed by atoms with Crippen molar-refractivity contribution in [2.45, 2.75) is 31.5 Å². The van der Waals surface area contributed by atoms with E-state index in [4.69, 9.17) is 31.6 Å². The third-order valence-electron chi connectivity index (χ3n) is 4.41. The average Bonchev–Trinajstić information content (AvgIpc) is 2.95. The minimum absolute atomic E-state index is 0.0932. The molecule has 0 radical (unpaired) electrons. The Kier molecular flexibility index (Phi) is 7.80. The van der Waals surface area contributed by atoms with Crippen LogP contribution in [-0.4, -0.2) is 69.2 Å². The van der Waals surface area contributed by atoms with Crippen LogP contribution in [0.1, 0.15) is 11.8 Å². The van der Waals surface area contributed by atoms with Gasteiger partial charge in [-0.25, -0.2) is 18.7 Å². The molecular weight excluding hydrogens is 547 g/mol. The van der Waals surface area contributed by atoms with Crippen molar-refractivity contribution in [3.8, 4) is 0 Å². The molecule has 1 aliphatic heterocycles. The Morgan fingerprint density at radius 3 is 2.41 bits per heavy atom. The Morgan fingerprint density at radius 1 is 1.15 bits per heavy atom. The SMILES string of the molecule is Cc1c[nH]c2nc(=S)n([C@@H]3O[C@H](COP(=O)(O)OP(=O)(O)OP(=O)(O)O)C(O)[C@@H]3O)cc2c1=O. The standard InChI is InChI=1S/C13H18N3O14P3S/c1-5-2-14-11-6(8(5)17)3-16(13(34)15-11)12-10(19)9(18)7(28-12)4-27-32(23,24)30-33(25,26)29-31(20,21)22/h2-3,7,9-10,12,18-19H,4H2,1H3,(H,23,24)(H,25,26)(H,14,15,34)(H2,20,21,22)/t7-,9?,10+,12-/m1/s1. The molecule has 1 saturated heterocycles. The first kappa shape index (κ1) is 27.4. The highest BCUT2D eigenvalue weighted by atomic mass is 32.1. The van der Waals surface area contributed by atoms with Crippen molar-refractivity contribution in [2.75, 3.05) is 6.61 Å². The lowest BCUT2D eigenvalue weighted by Gasteiger charge is -2.19. The van der Waals surface area contributed by atoms with Crippen molar-refractivity contribution in [3.63, 3.8) is 0 Å². The second kappa shape index (κ2) is 9.69. The van der Waals surface area contributed by atoms with Gasteiger partial charge in [0.15, 0.2) is 11.7 Å². The quantitative estimate of drug-likeness (QED) is 0.160. The number of aromatic amines is 1. The molecule has 0 aliphatic carbocycles. The minimum atomic E-state index is -5.74. The van der Waals surface area contributed by atoms with Crippen LogP contribution in [0, 0.1) is 11.7 Å². The number of ether oxygens (including phenoxy) is 1. The smallest absolute Gasteiger partial charge is 0.387 e. The number of aliphatic hydroxyl groups is 2. The van der Waals surface area contributed by atoms with Gasteiger partial charge in [0.25, 0.3) is 0 Å². The van der Waals surface area contributed by atoms with E-state index < -0.39 is 54.6 Å². The lowest BCUT2D eigenvalue weighted by atomic mass is 10.1. The van der Waals surface area contributed by atoms with Gasteiger partial charge in [0.1, 0.15) is 24.0 Å². The number of pyridine rings is 1. The van der Waals surface area contributed by atoms with Gasteiger partial charge in [-0.15, -0.1) is 0 Å². The van der Waals surface area contributed by atoms with Crippen molar-refractivity contribution < 1.29 is 61.4 Å². The monoisotopic (exact) mass is 565 g/mol. The number of H-pyrrole nitrogens is 1. The van der Waals surface area contributed by atoms with E-state index in [0.29, 0.717) is 5.56 Å². The maximum atomic E-state index is 12.4. The fourth-order valence-electron chi connectivity index (χ4n) is 2.95. The summed E-state index contributed by atoms with van der Waals surface area (Å²) in [6, 6.07) is 0. The number of nitrogens with one attached hydrogen (secondary N) is 1. The van der Waals surface area contributed by atoms with Gasteiger partial charge in [0, 0.05) is 18.0 Å². The van der Waals surface area contributed by atoms with Gasteiger partial charge >= 0.3 is 23.5 Å². The number of aromatic nitrogens is 3. The zero-order valence-corrected chi connectivity index (χ0v) is 20.3. The number of hydrogen-bond acceptors (Lipinski definition) is 12. The van der Waals surface area contributed by atoms with Gasteiger partial charge in [-0.2, -0.15) is 8.62 Å². The van der Waals surface area contributed by atoms with E-state index in [1.165, 1.54) is 12.4 Å². The highest BCUT2D eigenvalue weighted by Gasteiger charge is 2.46. The molecule has 7 N–H and O–H groups in total. The predicted octanol–water partition coefficient (Wildman–Crippen LogP) is -0.275. The molecule has 0 amide bonds. The molecule has 1 fully saturated rings. The lowest BCUT2D eigenvalue weighted by Crippen LogP contribution is -2.33. The number of phosphoric ester groups is 1. The van der Waals surface area contributed by atoms with Gasteiger partial charge in [0.2, 0.25) is 4.77 Å². The van der Waals surface area contributed by atoms with Crippen molar-refractivity contribution in [3.05, 3.63) is 33.0 Å². The van der Waals surface area contributed by atoms with Crippen molar-refractivity contribution in [2.24, 2.45) is 0 Å². The van der Waals surface area contributed by atoms with E-state index in [1.807, 2.05) is 0 Å². The second-order valence-electron chi connectivity index (χ2n) is 6.93. The maximum absolute atomic E-state index is 12.4. The van der Waals surface area contributed by atoms with Crippen LogP contribution in [0.25, 0.3) is 11.0 Å².